The van der Waals surface area contributed by atoms with Crippen molar-refractivity contribution < 1.29 is 9.59 Å². The van der Waals surface area contributed by atoms with E-state index in [2.05, 4.69) is 5.32 Å². The molecule has 0 bridgehead atoms. The van der Waals surface area contributed by atoms with E-state index in [-0.39, 0.29) is 17.7 Å². The highest BCUT2D eigenvalue weighted by molar-refractivity contribution is 5.78. The first-order chi connectivity index (χ1) is 8.02. The molecule has 1 N–H and O–H groups in total. The van der Waals surface area contributed by atoms with Gasteiger partial charge in [-0.05, 0) is 12.8 Å². The summed E-state index contributed by atoms with van der Waals surface area (Å²) in [6, 6.07) is 0.392. The number of hydrogen-bond donors (Lipinski definition) is 1. The molecule has 1 saturated carbocycles. The number of nitrogens with one attached hydrogen (secondary N) is 1. The second-order valence-electron chi connectivity index (χ2n) is 5.10. The predicted octanol–water partition coefficient (Wildman–Crippen LogP) is 1.55. The molecule has 0 aromatic rings. The molecule has 1 rings (SSSR count). The van der Waals surface area contributed by atoms with Gasteiger partial charge in [-0.3, -0.25) is 9.59 Å². The van der Waals surface area contributed by atoms with Gasteiger partial charge in [0.25, 0.3) is 0 Å². The number of hydrogen-bond acceptors (Lipinski definition) is 2. The second kappa shape index (κ2) is 6.62. The van der Waals surface area contributed by atoms with E-state index in [4.69, 9.17) is 0 Å². The zero-order chi connectivity index (χ0) is 12.8. The molecule has 1 fully saturated rings. The standard InChI is InChI=1S/C13H24N2O2/c1-10(2)13(17)14-8-9-15(11(3)16)12-6-4-5-7-12/h10,12H,4-9H2,1-3H3,(H,14,17). The minimum Gasteiger partial charge on any atom is -0.354 e. The third-order valence-electron chi connectivity index (χ3n) is 3.35. The number of carbonyl (C=O) groups excluding carboxylic acids is 2. The number of nitrogens with zero attached hydrogens (tertiary/aromatic N) is 1. The Bertz CT molecular complexity index is 271. The number of amides is 2. The van der Waals surface area contributed by atoms with E-state index < -0.39 is 0 Å². The molecule has 0 aromatic heterocycles. The van der Waals surface area contributed by atoms with Crippen molar-refractivity contribution in [2.75, 3.05) is 13.1 Å². The van der Waals surface area contributed by atoms with Crippen LogP contribution < -0.4 is 5.32 Å². The minimum atomic E-state index is 0.00672. The summed E-state index contributed by atoms with van der Waals surface area (Å²) in [5, 5.41) is 2.86. The van der Waals surface area contributed by atoms with Crippen LogP contribution in [-0.4, -0.2) is 35.8 Å². The van der Waals surface area contributed by atoms with E-state index >= 15 is 0 Å². The van der Waals surface area contributed by atoms with Crippen molar-refractivity contribution in [3.8, 4) is 0 Å². The van der Waals surface area contributed by atoms with Crippen LogP contribution >= 0.6 is 0 Å². The lowest BCUT2D eigenvalue weighted by Crippen LogP contribution is -2.43. The molecule has 0 aromatic carbocycles. The Labute approximate surface area is 104 Å². The Morgan fingerprint density at radius 2 is 1.88 bits per heavy atom. The van der Waals surface area contributed by atoms with Gasteiger partial charge in [-0.1, -0.05) is 26.7 Å². The van der Waals surface area contributed by atoms with E-state index in [0.29, 0.717) is 19.1 Å². The Morgan fingerprint density at radius 1 is 1.29 bits per heavy atom. The molecule has 17 heavy (non-hydrogen) atoms. The number of rotatable bonds is 5. The quantitative estimate of drug-likeness (QED) is 0.792. The van der Waals surface area contributed by atoms with Crippen LogP contribution in [0.15, 0.2) is 0 Å². The van der Waals surface area contributed by atoms with E-state index in [0.717, 1.165) is 12.8 Å². The van der Waals surface area contributed by atoms with Crippen LogP contribution in [0.25, 0.3) is 0 Å². The monoisotopic (exact) mass is 240 g/mol. The summed E-state index contributed by atoms with van der Waals surface area (Å²) < 4.78 is 0. The Kier molecular flexibility index (Phi) is 5.45. The van der Waals surface area contributed by atoms with Crippen LogP contribution in [-0.2, 0) is 9.59 Å². The van der Waals surface area contributed by atoms with Gasteiger partial charge in [0.1, 0.15) is 0 Å². The Hall–Kier alpha value is -1.06. The van der Waals surface area contributed by atoms with Crippen molar-refractivity contribution in [2.24, 2.45) is 5.92 Å². The van der Waals surface area contributed by atoms with Crippen molar-refractivity contribution in [2.45, 2.75) is 52.5 Å². The van der Waals surface area contributed by atoms with Crippen LogP contribution in [0, 0.1) is 5.92 Å². The summed E-state index contributed by atoms with van der Waals surface area (Å²) >= 11 is 0. The molecule has 2 amide bonds. The molecule has 1 aliphatic rings. The van der Waals surface area contributed by atoms with Crippen LogP contribution in [0.1, 0.15) is 46.5 Å². The minimum absolute atomic E-state index is 0.00672. The topological polar surface area (TPSA) is 49.4 Å². The van der Waals surface area contributed by atoms with Crippen molar-refractivity contribution >= 4 is 11.8 Å². The van der Waals surface area contributed by atoms with Crippen molar-refractivity contribution in [3.63, 3.8) is 0 Å². The fraction of sp³-hybridized carbons (Fsp3) is 0.846. The molecule has 98 valence electrons. The highest BCUT2D eigenvalue weighted by Gasteiger charge is 2.24. The summed E-state index contributed by atoms with van der Waals surface area (Å²) in [6.07, 6.45) is 4.65. The van der Waals surface area contributed by atoms with E-state index in [1.165, 1.54) is 12.8 Å². The third-order valence-corrected chi connectivity index (χ3v) is 3.35. The van der Waals surface area contributed by atoms with Crippen molar-refractivity contribution in [1.29, 1.82) is 0 Å². The lowest BCUT2D eigenvalue weighted by Gasteiger charge is -2.28. The third kappa shape index (κ3) is 4.36. The van der Waals surface area contributed by atoms with Gasteiger partial charge in [0, 0.05) is 32.0 Å². The average Bonchev–Trinajstić information content (AvgIpc) is 2.76. The summed E-state index contributed by atoms with van der Waals surface area (Å²) in [5.74, 6) is 0.183. The van der Waals surface area contributed by atoms with Gasteiger partial charge in [-0.2, -0.15) is 0 Å². The molecule has 0 spiro atoms. The molecule has 1 aliphatic carbocycles. The molecule has 0 unspecified atom stereocenters. The maximum Gasteiger partial charge on any atom is 0.222 e. The first kappa shape index (κ1) is 14.0. The maximum atomic E-state index is 11.6. The average molecular weight is 240 g/mol. The van der Waals surface area contributed by atoms with Crippen LogP contribution in [0.5, 0.6) is 0 Å². The smallest absolute Gasteiger partial charge is 0.222 e. The SMILES string of the molecule is CC(=O)N(CCNC(=O)C(C)C)C1CCCC1. The van der Waals surface area contributed by atoms with Gasteiger partial charge in [0.2, 0.25) is 11.8 Å². The van der Waals surface area contributed by atoms with Gasteiger partial charge in [0.15, 0.2) is 0 Å². The normalized spacial score (nSPS) is 16.2. The van der Waals surface area contributed by atoms with Gasteiger partial charge >= 0.3 is 0 Å². The molecular weight excluding hydrogens is 216 g/mol. The summed E-state index contributed by atoms with van der Waals surface area (Å²) in [6.45, 7) is 6.55. The zero-order valence-corrected chi connectivity index (χ0v) is 11.2. The lowest BCUT2D eigenvalue weighted by atomic mass is 10.2. The van der Waals surface area contributed by atoms with E-state index in [1.54, 1.807) is 6.92 Å². The van der Waals surface area contributed by atoms with Crippen LogP contribution in [0.4, 0.5) is 0 Å². The zero-order valence-electron chi connectivity index (χ0n) is 11.2. The summed E-state index contributed by atoms with van der Waals surface area (Å²) in [7, 11) is 0. The van der Waals surface area contributed by atoms with Gasteiger partial charge < -0.3 is 10.2 Å². The maximum absolute atomic E-state index is 11.6. The van der Waals surface area contributed by atoms with E-state index in [9.17, 15) is 9.59 Å². The molecular formula is C13H24N2O2. The lowest BCUT2D eigenvalue weighted by molar-refractivity contribution is -0.131. The van der Waals surface area contributed by atoms with E-state index in [1.807, 2.05) is 18.7 Å². The molecule has 0 saturated heterocycles. The molecule has 0 radical (unpaired) electrons. The Balaban J connectivity index is 2.35. The Morgan fingerprint density at radius 3 is 2.35 bits per heavy atom. The van der Waals surface area contributed by atoms with Gasteiger partial charge in [-0.25, -0.2) is 0 Å². The van der Waals surface area contributed by atoms with Gasteiger partial charge in [0.05, 0.1) is 0 Å². The summed E-state index contributed by atoms with van der Waals surface area (Å²) in [4.78, 5) is 24.9. The fourth-order valence-electron chi connectivity index (χ4n) is 2.32. The highest BCUT2D eigenvalue weighted by Crippen LogP contribution is 2.23. The first-order valence-electron chi connectivity index (χ1n) is 6.57. The summed E-state index contributed by atoms with van der Waals surface area (Å²) in [5.41, 5.74) is 0. The molecule has 0 atom stereocenters. The molecule has 0 heterocycles. The second-order valence-corrected chi connectivity index (χ2v) is 5.10. The van der Waals surface area contributed by atoms with Crippen LogP contribution in [0.3, 0.4) is 0 Å². The molecule has 4 nitrogen and oxygen atoms in total. The largest absolute Gasteiger partial charge is 0.354 e. The first-order valence-corrected chi connectivity index (χ1v) is 6.57. The fourth-order valence-corrected chi connectivity index (χ4v) is 2.32. The van der Waals surface area contributed by atoms with Gasteiger partial charge in [-0.15, -0.1) is 0 Å². The highest BCUT2D eigenvalue weighted by atomic mass is 16.2. The van der Waals surface area contributed by atoms with Crippen molar-refractivity contribution in [3.05, 3.63) is 0 Å². The number of carbonyl (C=O) groups is 2. The molecule has 0 aliphatic heterocycles. The predicted molar refractivity (Wildman–Crippen MR) is 67.5 cm³/mol. The van der Waals surface area contributed by atoms with Crippen LogP contribution in [0.2, 0.25) is 0 Å². The molecule has 4 heteroatoms. The van der Waals surface area contributed by atoms with Crippen molar-refractivity contribution in [1.82, 2.24) is 10.2 Å².